The standard InChI is InChI=1S/C18H23N3O5S3/c1-15(19-29(25,26)17-8-5-13-27-17)18(22)20-9-11-21(12-10-20)28(23,24)14-16-6-3-2-4-7-16/h2-8,13,15,19H,9-12,14H2,1H3. The molecule has 11 heteroatoms. The second-order valence-electron chi connectivity index (χ2n) is 6.74. The molecule has 0 bridgehead atoms. The van der Waals surface area contributed by atoms with Gasteiger partial charge in [-0.1, -0.05) is 36.4 Å². The van der Waals surface area contributed by atoms with E-state index >= 15 is 0 Å². The molecule has 1 amide bonds. The SMILES string of the molecule is CC(NS(=O)(=O)c1cccs1)C(=O)N1CCN(S(=O)(=O)Cc2ccccc2)CC1. The normalized spacial score (nSPS) is 17.2. The third-order valence-electron chi connectivity index (χ3n) is 4.60. The molecule has 1 atom stereocenters. The van der Waals surface area contributed by atoms with E-state index in [1.807, 2.05) is 6.07 Å². The largest absolute Gasteiger partial charge is 0.339 e. The molecule has 1 aliphatic heterocycles. The fourth-order valence-corrected chi connectivity index (χ4v) is 6.82. The number of thiophene rings is 1. The number of nitrogens with zero attached hydrogens (tertiary/aromatic N) is 2. The van der Waals surface area contributed by atoms with Gasteiger partial charge in [-0.3, -0.25) is 4.79 Å². The molecule has 0 spiro atoms. The van der Waals surface area contributed by atoms with Gasteiger partial charge in [0.05, 0.1) is 11.8 Å². The van der Waals surface area contributed by atoms with Crippen molar-refractivity contribution in [3.05, 3.63) is 53.4 Å². The zero-order valence-electron chi connectivity index (χ0n) is 15.9. The molecule has 1 N–H and O–H groups in total. The van der Waals surface area contributed by atoms with E-state index < -0.39 is 26.1 Å². The Kier molecular flexibility index (Phi) is 6.74. The van der Waals surface area contributed by atoms with Crippen molar-refractivity contribution in [2.24, 2.45) is 0 Å². The number of carbonyl (C=O) groups excluding carboxylic acids is 1. The lowest BCUT2D eigenvalue weighted by atomic mass is 10.2. The van der Waals surface area contributed by atoms with Crippen LogP contribution < -0.4 is 4.72 Å². The van der Waals surface area contributed by atoms with Gasteiger partial charge in [0, 0.05) is 26.2 Å². The van der Waals surface area contributed by atoms with Crippen molar-refractivity contribution in [2.45, 2.75) is 22.9 Å². The summed E-state index contributed by atoms with van der Waals surface area (Å²) in [6.07, 6.45) is 0. The van der Waals surface area contributed by atoms with Gasteiger partial charge in [-0.2, -0.15) is 9.03 Å². The van der Waals surface area contributed by atoms with Crippen molar-refractivity contribution in [2.75, 3.05) is 26.2 Å². The molecule has 3 rings (SSSR count). The molecule has 1 fully saturated rings. The number of benzene rings is 1. The summed E-state index contributed by atoms with van der Waals surface area (Å²) in [6, 6.07) is 11.1. The minimum absolute atomic E-state index is 0.0845. The monoisotopic (exact) mass is 457 g/mol. The van der Waals surface area contributed by atoms with E-state index in [9.17, 15) is 21.6 Å². The van der Waals surface area contributed by atoms with E-state index in [1.54, 1.807) is 35.7 Å². The smallest absolute Gasteiger partial charge is 0.250 e. The second-order valence-corrected chi connectivity index (χ2v) is 11.6. The molecule has 0 radical (unpaired) electrons. The average Bonchev–Trinajstić information content (AvgIpc) is 3.23. The molecule has 2 aromatic rings. The molecule has 1 aromatic carbocycles. The van der Waals surface area contributed by atoms with Crippen LogP contribution in [-0.2, 0) is 30.6 Å². The maximum absolute atomic E-state index is 12.6. The molecule has 0 saturated carbocycles. The third kappa shape index (κ3) is 5.43. The van der Waals surface area contributed by atoms with Crippen molar-refractivity contribution in [1.82, 2.24) is 13.9 Å². The van der Waals surface area contributed by atoms with Gasteiger partial charge in [0.1, 0.15) is 4.21 Å². The minimum Gasteiger partial charge on any atom is -0.339 e. The van der Waals surface area contributed by atoms with Crippen LogP contribution in [0.5, 0.6) is 0 Å². The van der Waals surface area contributed by atoms with Crippen molar-refractivity contribution >= 4 is 37.3 Å². The van der Waals surface area contributed by atoms with Crippen LogP contribution in [-0.4, -0.2) is 64.2 Å². The van der Waals surface area contributed by atoms with Crippen molar-refractivity contribution < 1.29 is 21.6 Å². The van der Waals surface area contributed by atoms with Gasteiger partial charge in [0.25, 0.3) is 10.0 Å². The molecule has 1 saturated heterocycles. The molecular weight excluding hydrogens is 434 g/mol. The Morgan fingerprint density at radius 3 is 2.28 bits per heavy atom. The Balaban J connectivity index is 1.56. The van der Waals surface area contributed by atoms with E-state index in [0.717, 1.165) is 11.3 Å². The third-order valence-corrected chi connectivity index (χ3v) is 9.39. The van der Waals surface area contributed by atoms with Gasteiger partial charge in [0.15, 0.2) is 0 Å². The minimum atomic E-state index is -3.75. The number of rotatable bonds is 7. The first-order valence-corrected chi connectivity index (χ1v) is 13.0. The molecule has 1 aliphatic rings. The zero-order chi connectivity index (χ0) is 21.1. The van der Waals surface area contributed by atoms with E-state index in [2.05, 4.69) is 4.72 Å². The molecule has 1 unspecified atom stereocenters. The summed E-state index contributed by atoms with van der Waals surface area (Å²) >= 11 is 1.07. The fourth-order valence-electron chi connectivity index (χ4n) is 3.09. The van der Waals surface area contributed by atoms with Crippen LogP contribution in [0.2, 0.25) is 0 Å². The van der Waals surface area contributed by atoms with Crippen LogP contribution in [0.25, 0.3) is 0 Å². The number of piperazine rings is 1. The Labute approximate surface area is 175 Å². The van der Waals surface area contributed by atoms with Crippen LogP contribution >= 0.6 is 11.3 Å². The lowest BCUT2D eigenvalue weighted by molar-refractivity contribution is -0.133. The van der Waals surface area contributed by atoms with Crippen LogP contribution in [0, 0.1) is 0 Å². The summed E-state index contributed by atoms with van der Waals surface area (Å²) in [5, 5.41) is 1.65. The second kappa shape index (κ2) is 8.92. The van der Waals surface area contributed by atoms with Gasteiger partial charge in [-0.05, 0) is 23.9 Å². The van der Waals surface area contributed by atoms with Crippen molar-refractivity contribution in [3.8, 4) is 0 Å². The van der Waals surface area contributed by atoms with Crippen LogP contribution in [0.15, 0.2) is 52.1 Å². The zero-order valence-corrected chi connectivity index (χ0v) is 18.3. The van der Waals surface area contributed by atoms with Gasteiger partial charge in [-0.25, -0.2) is 16.8 Å². The first-order valence-electron chi connectivity index (χ1n) is 9.05. The lowest BCUT2D eigenvalue weighted by Gasteiger charge is -2.35. The van der Waals surface area contributed by atoms with Crippen molar-refractivity contribution in [1.29, 1.82) is 0 Å². The average molecular weight is 458 g/mol. The Morgan fingerprint density at radius 1 is 1.03 bits per heavy atom. The molecule has 158 valence electrons. The molecule has 0 aliphatic carbocycles. The number of carbonyl (C=O) groups is 1. The van der Waals surface area contributed by atoms with Gasteiger partial charge in [-0.15, -0.1) is 11.3 Å². The van der Waals surface area contributed by atoms with E-state index in [4.69, 9.17) is 0 Å². The lowest BCUT2D eigenvalue weighted by Crippen LogP contribution is -2.55. The first-order chi connectivity index (χ1) is 13.7. The Morgan fingerprint density at radius 2 is 1.69 bits per heavy atom. The fraction of sp³-hybridized carbons (Fsp3) is 0.389. The number of nitrogens with one attached hydrogen (secondary N) is 1. The molecular formula is C18H23N3O5S3. The van der Waals surface area contributed by atoms with Gasteiger partial charge >= 0.3 is 0 Å². The number of amides is 1. The van der Waals surface area contributed by atoms with E-state index in [-0.39, 0.29) is 42.0 Å². The number of sulfonamides is 2. The number of hydrogen-bond acceptors (Lipinski definition) is 6. The summed E-state index contributed by atoms with van der Waals surface area (Å²) in [7, 11) is -7.23. The van der Waals surface area contributed by atoms with Gasteiger partial charge in [0.2, 0.25) is 15.9 Å². The quantitative estimate of drug-likeness (QED) is 0.670. The summed E-state index contributed by atoms with van der Waals surface area (Å²) in [6.45, 7) is 2.30. The molecule has 29 heavy (non-hydrogen) atoms. The maximum atomic E-state index is 12.6. The Hall–Kier alpha value is -1.79. The van der Waals surface area contributed by atoms with Crippen LogP contribution in [0.3, 0.4) is 0 Å². The highest BCUT2D eigenvalue weighted by molar-refractivity contribution is 7.91. The Bertz CT molecular complexity index is 1030. The van der Waals surface area contributed by atoms with Crippen LogP contribution in [0.4, 0.5) is 0 Å². The van der Waals surface area contributed by atoms with Crippen molar-refractivity contribution in [3.63, 3.8) is 0 Å². The summed E-state index contributed by atoms with van der Waals surface area (Å²) < 4.78 is 53.7. The highest BCUT2D eigenvalue weighted by atomic mass is 32.2. The predicted molar refractivity (Wildman–Crippen MR) is 111 cm³/mol. The van der Waals surface area contributed by atoms with Gasteiger partial charge < -0.3 is 4.90 Å². The topological polar surface area (TPSA) is 104 Å². The predicted octanol–water partition coefficient (Wildman–Crippen LogP) is 1.09. The van der Waals surface area contributed by atoms with E-state index in [1.165, 1.54) is 22.2 Å². The van der Waals surface area contributed by atoms with Crippen LogP contribution in [0.1, 0.15) is 12.5 Å². The summed E-state index contributed by atoms with van der Waals surface area (Å²) in [4.78, 5) is 14.1. The van der Waals surface area contributed by atoms with E-state index in [0.29, 0.717) is 5.56 Å². The molecule has 1 aromatic heterocycles. The first kappa shape index (κ1) is 21.9. The molecule has 2 heterocycles. The summed E-state index contributed by atoms with van der Waals surface area (Å²) in [5.41, 5.74) is 0.711. The highest BCUT2D eigenvalue weighted by Gasteiger charge is 2.32. The molecule has 8 nitrogen and oxygen atoms in total. The number of hydrogen-bond donors (Lipinski definition) is 1. The highest BCUT2D eigenvalue weighted by Crippen LogP contribution is 2.17. The summed E-state index contributed by atoms with van der Waals surface area (Å²) in [5.74, 6) is -0.455. The maximum Gasteiger partial charge on any atom is 0.250 e.